The molecule has 174 valence electrons. The highest BCUT2D eigenvalue weighted by Gasteiger charge is 2.26. The van der Waals surface area contributed by atoms with E-state index in [-0.39, 0.29) is 35.9 Å². The van der Waals surface area contributed by atoms with Gasteiger partial charge in [0, 0.05) is 19.4 Å². The molecule has 0 bridgehead atoms. The largest absolute Gasteiger partial charge is 0.493 e. The second-order valence-electron chi connectivity index (χ2n) is 7.21. The molecular formula is C22H34N2O7. The van der Waals surface area contributed by atoms with Gasteiger partial charge in [0.05, 0.1) is 30.3 Å². The molecule has 0 saturated heterocycles. The van der Waals surface area contributed by atoms with Gasteiger partial charge in [0.15, 0.2) is 11.5 Å². The minimum Gasteiger partial charge on any atom is -0.493 e. The third kappa shape index (κ3) is 9.23. The minimum atomic E-state index is -0.806. The van der Waals surface area contributed by atoms with Crippen molar-refractivity contribution in [2.24, 2.45) is 0 Å². The normalized spacial score (nSPS) is 11.5. The average molecular weight is 439 g/mol. The van der Waals surface area contributed by atoms with Gasteiger partial charge in [-0.2, -0.15) is 0 Å². The van der Waals surface area contributed by atoms with Crippen LogP contribution in [0.3, 0.4) is 0 Å². The summed E-state index contributed by atoms with van der Waals surface area (Å²) in [6, 6.07) is 2.73. The Kier molecular flexibility index (Phi) is 12.0. The first-order chi connectivity index (χ1) is 14.8. The summed E-state index contributed by atoms with van der Waals surface area (Å²) in [5, 5.41) is 14.4. The summed E-state index contributed by atoms with van der Waals surface area (Å²) in [6.45, 7) is 6.46. The lowest BCUT2D eigenvalue weighted by Gasteiger charge is -2.17. The Balaban J connectivity index is 2.82. The average Bonchev–Trinajstić information content (AvgIpc) is 2.74. The molecule has 0 aliphatic heterocycles. The van der Waals surface area contributed by atoms with Crippen LogP contribution in [0.25, 0.3) is 0 Å². The summed E-state index contributed by atoms with van der Waals surface area (Å²) in [6.07, 6.45) is 3.71. The number of benzene rings is 1. The van der Waals surface area contributed by atoms with Crippen molar-refractivity contribution in [3.63, 3.8) is 0 Å². The number of hydrogen-bond acceptors (Lipinski definition) is 7. The Morgan fingerprint density at radius 2 is 1.81 bits per heavy atom. The van der Waals surface area contributed by atoms with Crippen molar-refractivity contribution < 1.29 is 28.7 Å². The van der Waals surface area contributed by atoms with Crippen LogP contribution >= 0.6 is 0 Å². The second kappa shape index (κ2) is 14.2. The van der Waals surface area contributed by atoms with E-state index in [2.05, 4.69) is 12.2 Å². The zero-order chi connectivity index (χ0) is 23.2. The number of nitro groups is 1. The highest BCUT2D eigenvalue weighted by Crippen LogP contribution is 2.38. The minimum absolute atomic E-state index is 0.0518. The Morgan fingerprint density at radius 3 is 2.42 bits per heavy atom. The van der Waals surface area contributed by atoms with Gasteiger partial charge in [-0.3, -0.25) is 19.7 Å². The van der Waals surface area contributed by atoms with Crippen LogP contribution in [-0.2, 0) is 14.3 Å². The molecule has 0 saturated carbocycles. The number of amides is 1. The van der Waals surface area contributed by atoms with Crippen molar-refractivity contribution >= 4 is 17.6 Å². The van der Waals surface area contributed by atoms with Crippen molar-refractivity contribution in [2.75, 3.05) is 20.3 Å². The first-order valence-corrected chi connectivity index (χ1v) is 10.8. The van der Waals surface area contributed by atoms with E-state index in [9.17, 15) is 19.7 Å². The monoisotopic (exact) mass is 438 g/mol. The standard InChI is InChI=1S/C22H34N2O7/c1-5-7-11-22(26)31-16(3)17-14-19(29-4)20(15-18(17)24(27)28)30-13-9-10-21(25)23-12-8-6-2/h14-16H,5-13H2,1-4H3,(H,23,25). The summed E-state index contributed by atoms with van der Waals surface area (Å²) in [4.78, 5) is 34.7. The molecular weight excluding hydrogens is 404 g/mol. The number of nitrogens with zero attached hydrogens (tertiary/aromatic N) is 1. The van der Waals surface area contributed by atoms with E-state index in [0.717, 1.165) is 19.3 Å². The van der Waals surface area contributed by atoms with Crippen molar-refractivity contribution in [1.82, 2.24) is 5.32 Å². The maximum Gasteiger partial charge on any atom is 0.306 e. The van der Waals surface area contributed by atoms with Crippen molar-refractivity contribution in [3.05, 3.63) is 27.8 Å². The van der Waals surface area contributed by atoms with Gasteiger partial charge in [-0.05, 0) is 32.3 Å². The summed E-state index contributed by atoms with van der Waals surface area (Å²) in [7, 11) is 1.43. The van der Waals surface area contributed by atoms with Gasteiger partial charge >= 0.3 is 5.97 Å². The Hall–Kier alpha value is -2.84. The van der Waals surface area contributed by atoms with E-state index in [1.165, 1.54) is 19.2 Å². The molecule has 1 unspecified atom stereocenters. The molecule has 0 fully saturated rings. The first-order valence-electron chi connectivity index (χ1n) is 10.8. The van der Waals surface area contributed by atoms with Crippen LogP contribution in [0.2, 0.25) is 0 Å². The number of carbonyl (C=O) groups excluding carboxylic acids is 2. The molecule has 0 aliphatic rings. The van der Waals surface area contributed by atoms with Gasteiger partial charge < -0.3 is 19.5 Å². The molecule has 1 aromatic rings. The molecule has 1 atom stereocenters. The molecule has 0 spiro atoms. The van der Waals surface area contributed by atoms with E-state index >= 15 is 0 Å². The van der Waals surface area contributed by atoms with Crippen molar-refractivity contribution in [2.45, 2.75) is 71.8 Å². The van der Waals surface area contributed by atoms with Gasteiger partial charge in [-0.15, -0.1) is 0 Å². The summed E-state index contributed by atoms with van der Waals surface area (Å²) in [5.74, 6) is 0.0440. The third-order valence-corrected chi connectivity index (χ3v) is 4.65. The lowest BCUT2D eigenvalue weighted by molar-refractivity contribution is -0.386. The second-order valence-corrected chi connectivity index (χ2v) is 7.21. The van der Waals surface area contributed by atoms with Gasteiger partial charge in [-0.25, -0.2) is 0 Å². The number of nitrogens with one attached hydrogen (secondary N) is 1. The van der Waals surface area contributed by atoms with Crippen molar-refractivity contribution in [1.29, 1.82) is 0 Å². The topological polar surface area (TPSA) is 117 Å². The number of rotatable bonds is 15. The third-order valence-electron chi connectivity index (χ3n) is 4.65. The highest BCUT2D eigenvalue weighted by atomic mass is 16.6. The Bertz CT molecular complexity index is 737. The van der Waals surface area contributed by atoms with Gasteiger partial charge in [0.1, 0.15) is 6.10 Å². The zero-order valence-corrected chi connectivity index (χ0v) is 18.9. The number of carbonyl (C=O) groups is 2. The quantitative estimate of drug-likeness (QED) is 0.186. The fourth-order valence-corrected chi connectivity index (χ4v) is 2.87. The smallest absolute Gasteiger partial charge is 0.306 e. The van der Waals surface area contributed by atoms with Gasteiger partial charge in [0.2, 0.25) is 5.91 Å². The fraction of sp³-hybridized carbons (Fsp3) is 0.636. The van der Waals surface area contributed by atoms with E-state index in [4.69, 9.17) is 14.2 Å². The van der Waals surface area contributed by atoms with Gasteiger partial charge in [-0.1, -0.05) is 26.7 Å². The molecule has 1 N–H and O–H groups in total. The lowest BCUT2D eigenvalue weighted by Crippen LogP contribution is -2.24. The number of methoxy groups -OCH3 is 1. The summed E-state index contributed by atoms with van der Waals surface area (Å²) in [5.41, 5.74) is 0.0123. The zero-order valence-electron chi connectivity index (χ0n) is 18.9. The van der Waals surface area contributed by atoms with Crippen LogP contribution in [0.5, 0.6) is 11.5 Å². The molecule has 0 aliphatic carbocycles. The molecule has 1 rings (SSSR count). The number of unbranched alkanes of at least 4 members (excludes halogenated alkanes) is 2. The lowest BCUT2D eigenvalue weighted by atomic mass is 10.1. The number of esters is 1. The summed E-state index contributed by atoms with van der Waals surface area (Å²) < 4.78 is 16.3. The molecule has 0 heterocycles. The van der Waals surface area contributed by atoms with Crippen molar-refractivity contribution in [3.8, 4) is 11.5 Å². The number of ether oxygens (including phenoxy) is 3. The Labute approximate surface area is 183 Å². The van der Waals surface area contributed by atoms with E-state index < -0.39 is 17.0 Å². The van der Waals surface area contributed by atoms with E-state index in [1.807, 2.05) is 6.92 Å². The van der Waals surface area contributed by atoms with Crippen LogP contribution in [0, 0.1) is 10.1 Å². The maximum absolute atomic E-state index is 11.9. The van der Waals surface area contributed by atoms with E-state index in [1.54, 1.807) is 6.92 Å². The van der Waals surface area contributed by atoms with Crippen LogP contribution in [0.15, 0.2) is 12.1 Å². The predicted octanol–water partition coefficient (Wildman–Crippen LogP) is 4.47. The molecule has 9 nitrogen and oxygen atoms in total. The predicted molar refractivity (Wildman–Crippen MR) is 116 cm³/mol. The molecule has 0 radical (unpaired) electrons. The van der Waals surface area contributed by atoms with E-state index in [0.29, 0.717) is 31.6 Å². The number of nitro benzene ring substituents is 1. The summed E-state index contributed by atoms with van der Waals surface area (Å²) >= 11 is 0. The molecule has 9 heteroatoms. The Morgan fingerprint density at radius 1 is 1.10 bits per heavy atom. The SMILES string of the molecule is CCCCNC(=O)CCCOc1cc([N+](=O)[O-])c(C(C)OC(=O)CCCC)cc1OC. The van der Waals surface area contributed by atoms with Crippen LogP contribution < -0.4 is 14.8 Å². The molecule has 1 amide bonds. The fourth-order valence-electron chi connectivity index (χ4n) is 2.87. The highest BCUT2D eigenvalue weighted by molar-refractivity contribution is 5.75. The van der Waals surface area contributed by atoms with Crippen LogP contribution in [0.1, 0.15) is 77.4 Å². The first kappa shape index (κ1) is 26.2. The molecule has 0 aromatic heterocycles. The van der Waals surface area contributed by atoms with Crippen LogP contribution in [0.4, 0.5) is 5.69 Å². The maximum atomic E-state index is 11.9. The molecule has 1 aromatic carbocycles. The molecule has 31 heavy (non-hydrogen) atoms. The van der Waals surface area contributed by atoms with Crippen LogP contribution in [-0.4, -0.2) is 37.1 Å². The number of hydrogen-bond donors (Lipinski definition) is 1. The van der Waals surface area contributed by atoms with Gasteiger partial charge in [0.25, 0.3) is 5.69 Å².